The molecule has 0 aliphatic carbocycles. The first kappa shape index (κ1) is 17.1. The number of carbonyl (C=O) groups is 2. The lowest BCUT2D eigenvalue weighted by Gasteiger charge is -2.17. The molecule has 2 atom stereocenters. The van der Waals surface area contributed by atoms with Crippen molar-refractivity contribution in [3.05, 3.63) is 29.3 Å². The second kappa shape index (κ2) is 8.33. The van der Waals surface area contributed by atoms with Crippen LogP contribution in [0.3, 0.4) is 0 Å². The average Bonchev–Trinajstić information content (AvgIpc) is 2.44. The molecule has 21 heavy (non-hydrogen) atoms. The van der Waals surface area contributed by atoms with Gasteiger partial charge < -0.3 is 15.2 Å². The molecule has 3 N–H and O–H groups in total. The zero-order valence-corrected chi connectivity index (χ0v) is 12.4. The minimum Gasteiger partial charge on any atom is -0.481 e. The smallest absolute Gasteiger partial charge is 0.404 e. The van der Waals surface area contributed by atoms with Gasteiger partial charge in [0.1, 0.15) is 11.9 Å². The van der Waals surface area contributed by atoms with Gasteiger partial charge in [0.25, 0.3) is 5.91 Å². The quantitative estimate of drug-likeness (QED) is 0.667. The van der Waals surface area contributed by atoms with Crippen molar-refractivity contribution in [3.63, 3.8) is 0 Å². The molecule has 0 radical (unpaired) electrons. The highest BCUT2D eigenvalue weighted by atomic mass is 35.5. The highest BCUT2D eigenvalue weighted by Gasteiger charge is 2.16. The van der Waals surface area contributed by atoms with E-state index >= 15 is 0 Å². The topological polar surface area (TPSA) is 96.9 Å². The molecule has 0 bridgehead atoms. The fraction of sp³-hybridized carbons (Fsp3) is 0.385. The van der Waals surface area contributed by atoms with E-state index in [-0.39, 0.29) is 6.54 Å². The van der Waals surface area contributed by atoms with Crippen LogP contribution in [-0.2, 0) is 9.63 Å². The molecule has 0 spiro atoms. The molecule has 2 amide bonds. The highest BCUT2D eigenvalue weighted by molar-refractivity contribution is 6.30. The summed E-state index contributed by atoms with van der Waals surface area (Å²) < 4.78 is 5.40. The third kappa shape index (κ3) is 6.82. The summed E-state index contributed by atoms with van der Waals surface area (Å²) in [5, 5.41) is 11.1. The summed E-state index contributed by atoms with van der Waals surface area (Å²) in [5.41, 5.74) is 2.21. The van der Waals surface area contributed by atoms with Crippen molar-refractivity contribution in [2.45, 2.75) is 26.1 Å². The molecule has 7 nitrogen and oxygen atoms in total. The molecule has 1 aromatic rings. The van der Waals surface area contributed by atoms with E-state index in [1.165, 1.54) is 0 Å². The van der Waals surface area contributed by atoms with Crippen LogP contribution in [0.1, 0.15) is 13.8 Å². The van der Waals surface area contributed by atoms with Crippen LogP contribution in [0.4, 0.5) is 4.79 Å². The van der Waals surface area contributed by atoms with Gasteiger partial charge in [-0.15, -0.1) is 0 Å². The third-order valence-corrected chi connectivity index (χ3v) is 2.65. The Morgan fingerprint density at radius 2 is 1.90 bits per heavy atom. The molecule has 8 heteroatoms. The minimum atomic E-state index is -1.16. The molecule has 116 valence electrons. The zero-order chi connectivity index (χ0) is 15.8. The zero-order valence-electron chi connectivity index (χ0n) is 11.6. The lowest BCUT2D eigenvalue weighted by molar-refractivity contribution is -0.143. The number of benzene rings is 1. The van der Waals surface area contributed by atoms with E-state index < -0.39 is 24.2 Å². The Kier molecular flexibility index (Phi) is 6.77. The van der Waals surface area contributed by atoms with Crippen LogP contribution < -0.4 is 15.5 Å². The molecular formula is C13H17ClN2O5. The molecule has 2 unspecified atom stereocenters. The predicted molar refractivity (Wildman–Crippen MR) is 76.3 cm³/mol. The van der Waals surface area contributed by atoms with Crippen LogP contribution in [-0.4, -0.2) is 35.9 Å². The number of hydrogen-bond donors (Lipinski definition) is 3. The first-order valence-electron chi connectivity index (χ1n) is 6.23. The summed E-state index contributed by atoms with van der Waals surface area (Å²) in [6.07, 6.45) is -2.44. The van der Waals surface area contributed by atoms with Crippen molar-refractivity contribution < 1.29 is 24.3 Å². The van der Waals surface area contributed by atoms with Crippen molar-refractivity contribution in [2.75, 3.05) is 6.54 Å². The number of hydrogen-bond acceptors (Lipinski definition) is 4. The number of carbonyl (C=O) groups excluding carboxylic acids is 1. The van der Waals surface area contributed by atoms with Gasteiger partial charge in [0.15, 0.2) is 6.10 Å². The lowest BCUT2D eigenvalue weighted by Crippen LogP contribution is -2.41. The molecule has 0 saturated heterocycles. The van der Waals surface area contributed by atoms with Crippen LogP contribution in [0.25, 0.3) is 0 Å². The normalized spacial score (nSPS) is 13.1. The second-order valence-corrected chi connectivity index (χ2v) is 4.73. The highest BCUT2D eigenvalue weighted by Crippen LogP contribution is 2.16. The Bertz CT molecular complexity index is 480. The van der Waals surface area contributed by atoms with E-state index in [9.17, 15) is 9.59 Å². The first-order valence-corrected chi connectivity index (χ1v) is 6.60. The van der Waals surface area contributed by atoms with Crippen molar-refractivity contribution >= 4 is 23.6 Å². The first-order chi connectivity index (χ1) is 9.88. The number of amides is 2. The molecular weight excluding hydrogens is 300 g/mol. The van der Waals surface area contributed by atoms with Gasteiger partial charge in [-0.2, -0.15) is 0 Å². The predicted octanol–water partition coefficient (Wildman–Crippen LogP) is 1.81. The summed E-state index contributed by atoms with van der Waals surface area (Å²) >= 11 is 5.74. The average molecular weight is 317 g/mol. The van der Waals surface area contributed by atoms with E-state index in [1.54, 1.807) is 38.1 Å². The molecule has 0 fully saturated rings. The van der Waals surface area contributed by atoms with Crippen LogP contribution in [0.5, 0.6) is 5.75 Å². The van der Waals surface area contributed by atoms with Gasteiger partial charge in [0.05, 0.1) is 0 Å². The largest absolute Gasteiger partial charge is 0.481 e. The molecule has 0 heterocycles. The van der Waals surface area contributed by atoms with Crippen LogP contribution >= 0.6 is 11.6 Å². The van der Waals surface area contributed by atoms with Gasteiger partial charge in [-0.3, -0.25) is 9.63 Å². The fourth-order valence-corrected chi connectivity index (χ4v) is 1.41. The van der Waals surface area contributed by atoms with Gasteiger partial charge in [-0.1, -0.05) is 11.6 Å². The van der Waals surface area contributed by atoms with Gasteiger partial charge in [0, 0.05) is 11.6 Å². The van der Waals surface area contributed by atoms with Crippen LogP contribution in [0, 0.1) is 0 Å². The Morgan fingerprint density at radius 3 is 2.48 bits per heavy atom. The van der Waals surface area contributed by atoms with E-state index in [0.717, 1.165) is 0 Å². The molecule has 1 rings (SSSR count). The molecule has 0 aliphatic heterocycles. The Labute approximate surface area is 127 Å². The van der Waals surface area contributed by atoms with Crippen molar-refractivity contribution in [3.8, 4) is 5.75 Å². The maximum Gasteiger partial charge on any atom is 0.404 e. The summed E-state index contributed by atoms with van der Waals surface area (Å²) in [6, 6.07) is 6.59. The SMILES string of the molecule is CC(CNC(=O)O)ONC(=O)C(C)Oc1ccc(Cl)cc1. The third-order valence-electron chi connectivity index (χ3n) is 2.40. The molecule has 0 aromatic heterocycles. The van der Waals surface area contributed by atoms with E-state index in [4.69, 9.17) is 26.3 Å². The summed E-state index contributed by atoms with van der Waals surface area (Å²) in [6.45, 7) is 3.23. The van der Waals surface area contributed by atoms with Crippen LogP contribution in [0.15, 0.2) is 24.3 Å². The van der Waals surface area contributed by atoms with Gasteiger partial charge in [0.2, 0.25) is 0 Å². The number of halogens is 1. The number of carboxylic acid groups (broad SMARTS) is 1. The lowest BCUT2D eigenvalue weighted by atomic mass is 10.3. The van der Waals surface area contributed by atoms with Crippen LogP contribution in [0.2, 0.25) is 5.02 Å². The Morgan fingerprint density at radius 1 is 1.29 bits per heavy atom. The summed E-state index contributed by atoms with van der Waals surface area (Å²) in [4.78, 5) is 27.0. The maximum atomic E-state index is 11.7. The Balaban J connectivity index is 2.34. The number of nitrogens with one attached hydrogen (secondary N) is 2. The fourth-order valence-electron chi connectivity index (χ4n) is 1.29. The summed E-state index contributed by atoms with van der Waals surface area (Å²) in [7, 11) is 0. The molecule has 0 saturated carbocycles. The summed E-state index contributed by atoms with van der Waals surface area (Å²) in [5.74, 6) is 0.0229. The molecule has 1 aromatic carbocycles. The standard InChI is InChI=1S/C13H17ClN2O5/c1-8(7-15-13(18)19)21-16-12(17)9(2)20-11-5-3-10(14)4-6-11/h3-6,8-9,15H,7H2,1-2H3,(H,16,17)(H,18,19). The number of hydroxylamine groups is 1. The van der Waals surface area contributed by atoms with E-state index in [0.29, 0.717) is 10.8 Å². The number of ether oxygens (including phenoxy) is 1. The van der Waals surface area contributed by atoms with Crippen molar-refractivity contribution in [1.29, 1.82) is 0 Å². The maximum absolute atomic E-state index is 11.7. The van der Waals surface area contributed by atoms with Crippen molar-refractivity contribution in [2.24, 2.45) is 0 Å². The van der Waals surface area contributed by atoms with Crippen molar-refractivity contribution in [1.82, 2.24) is 10.8 Å². The van der Waals surface area contributed by atoms with Gasteiger partial charge in [-0.05, 0) is 38.1 Å². The van der Waals surface area contributed by atoms with E-state index in [2.05, 4.69) is 10.8 Å². The van der Waals surface area contributed by atoms with E-state index in [1.807, 2.05) is 0 Å². The van der Waals surface area contributed by atoms with Gasteiger partial charge >= 0.3 is 6.09 Å². The second-order valence-electron chi connectivity index (χ2n) is 4.29. The number of rotatable bonds is 7. The monoisotopic (exact) mass is 316 g/mol. The minimum absolute atomic E-state index is 0.0576. The molecule has 0 aliphatic rings. The van der Waals surface area contributed by atoms with Gasteiger partial charge in [-0.25, -0.2) is 10.3 Å². The Hall–Kier alpha value is -1.99.